The van der Waals surface area contributed by atoms with E-state index in [1.807, 2.05) is 6.07 Å². The van der Waals surface area contributed by atoms with Crippen molar-refractivity contribution in [1.29, 1.82) is 0 Å². The average Bonchev–Trinajstić information content (AvgIpc) is 2.87. The smallest absolute Gasteiger partial charge is 0.0953 e. The lowest BCUT2D eigenvalue weighted by Gasteiger charge is -2.14. The normalized spacial score (nSPS) is 12.9. The van der Waals surface area contributed by atoms with Crippen LogP contribution in [0.3, 0.4) is 0 Å². The van der Waals surface area contributed by atoms with Crippen molar-refractivity contribution in [1.82, 2.24) is 5.32 Å². The Kier molecular flexibility index (Phi) is 3.01. The highest BCUT2D eigenvalue weighted by Gasteiger charge is 2.13. The summed E-state index contributed by atoms with van der Waals surface area (Å²) in [5.41, 5.74) is 2.49. The number of hydrogen-bond acceptors (Lipinski definition) is 3. The maximum atomic E-state index is 5.10. The molecule has 0 aliphatic rings. The fourth-order valence-electron chi connectivity index (χ4n) is 1.51. The SMILES string of the molecule is CCNC(c1ccoc1)c1ccsc1. The lowest BCUT2D eigenvalue weighted by Crippen LogP contribution is -2.20. The minimum Gasteiger partial charge on any atom is -0.472 e. The zero-order valence-corrected chi connectivity index (χ0v) is 8.88. The van der Waals surface area contributed by atoms with Gasteiger partial charge in [-0.2, -0.15) is 11.3 Å². The Morgan fingerprint density at radius 2 is 2.36 bits per heavy atom. The van der Waals surface area contributed by atoms with Crippen LogP contribution in [-0.2, 0) is 0 Å². The van der Waals surface area contributed by atoms with Crippen molar-refractivity contribution in [3.8, 4) is 0 Å². The van der Waals surface area contributed by atoms with Crippen molar-refractivity contribution in [3.05, 3.63) is 46.5 Å². The fourth-order valence-corrected chi connectivity index (χ4v) is 2.20. The number of nitrogens with one attached hydrogen (secondary N) is 1. The fraction of sp³-hybridized carbons (Fsp3) is 0.273. The van der Waals surface area contributed by atoms with Crippen molar-refractivity contribution in [2.75, 3.05) is 6.54 Å². The van der Waals surface area contributed by atoms with Crippen LogP contribution in [0.1, 0.15) is 24.1 Å². The molecule has 0 fully saturated rings. The number of furan rings is 1. The predicted octanol–water partition coefficient (Wildman–Crippen LogP) is 3.04. The maximum Gasteiger partial charge on any atom is 0.0953 e. The van der Waals surface area contributed by atoms with Crippen molar-refractivity contribution in [2.45, 2.75) is 13.0 Å². The Labute approximate surface area is 87.6 Å². The van der Waals surface area contributed by atoms with Crippen LogP contribution >= 0.6 is 11.3 Å². The van der Waals surface area contributed by atoms with Gasteiger partial charge in [-0.25, -0.2) is 0 Å². The van der Waals surface area contributed by atoms with E-state index in [1.165, 1.54) is 11.1 Å². The van der Waals surface area contributed by atoms with Crippen molar-refractivity contribution >= 4 is 11.3 Å². The lowest BCUT2D eigenvalue weighted by atomic mass is 10.1. The van der Waals surface area contributed by atoms with Crippen LogP contribution in [0.5, 0.6) is 0 Å². The van der Waals surface area contributed by atoms with Gasteiger partial charge in [0, 0.05) is 5.56 Å². The van der Waals surface area contributed by atoms with E-state index in [1.54, 1.807) is 23.9 Å². The molecule has 1 N–H and O–H groups in total. The highest BCUT2D eigenvalue weighted by Crippen LogP contribution is 2.23. The van der Waals surface area contributed by atoms with Crippen molar-refractivity contribution in [2.24, 2.45) is 0 Å². The molecule has 0 radical (unpaired) electrons. The monoisotopic (exact) mass is 207 g/mol. The first kappa shape index (κ1) is 9.49. The molecular weight excluding hydrogens is 194 g/mol. The molecule has 74 valence electrons. The molecule has 2 aromatic heterocycles. The molecule has 2 heterocycles. The van der Waals surface area contributed by atoms with Crippen LogP contribution < -0.4 is 5.32 Å². The van der Waals surface area contributed by atoms with Crippen LogP contribution in [-0.4, -0.2) is 6.54 Å². The van der Waals surface area contributed by atoms with E-state index in [2.05, 4.69) is 29.1 Å². The highest BCUT2D eigenvalue weighted by molar-refractivity contribution is 7.08. The van der Waals surface area contributed by atoms with Gasteiger partial charge in [-0.1, -0.05) is 6.92 Å². The third-order valence-corrected chi connectivity index (χ3v) is 2.86. The van der Waals surface area contributed by atoms with Gasteiger partial charge in [0.2, 0.25) is 0 Å². The van der Waals surface area contributed by atoms with E-state index in [4.69, 9.17) is 4.42 Å². The molecule has 0 aliphatic carbocycles. The van der Waals surface area contributed by atoms with Crippen LogP contribution in [0, 0.1) is 0 Å². The molecule has 0 bridgehead atoms. The van der Waals surface area contributed by atoms with E-state index in [9.17, 15) is 0 Å². The van der Waals surface area contributed by atoms with Crippen molar-refractivity contribution in [3.63, 3.8) is 0 Å². The van der Waals surface area contributed by atoms with Gasteiger partial charge >= 0.3 is 0 Å². The summed E-state index contributed by atoms with van der Waals surface area (Å²) in [5.74, 6) is 0. The molecule has 0 spiro atoms. The molecule has 14 heavy (non-hydrogen) atoms. The molecule has 2 rings (SSSR count). The van der Waals surface area contributed by atoms with E-state index in [0.717, 1.165) is 6.54 Å². The molecule has 3 heteroatoms. The predicted molar refractivity (Wildman–Crippen MR) is 58.5 cm³/mol. The minimum atomic E-state index is 0.269. The third kappa shape index (κ3) is 1.89. The second kappa shape index (κ2) is 4.44. The molecule has 0 amide bonds. The summed E-state index contributed by atoms with van der Waals surface area (Å²) >= 11 is 1.72. The molecule has 0 saturated heterocycles. The van der Waals surface area contributed by atoms with Crippen LogP contribution in [0.15, 0.2) is 39.8 Å². The summed E-state index contributed by atoms with van der Waals surface area (Å²) in [6.45, 7) is 3.06. The van der Waals surface area contributed by atoms with E-state index in [0.29, 0.717) is 0 Å². The Morgan fingerprint density at radius 3 is 2.93 bits per heavy atom. The average molecular weight is 207 g/mol. The number of hydrogen-bond donors (Lipinski definition) is 1. The molecule has 0 aromatic carbocycles. The second-order valence-corrected chi connectivity index (χ2v) is 3.88. The zero-order valence-electron chi connectivity index (χ0n) is 8.07. The number of rotatable bonds is 4. The minimum absolute atomic E-state index is 0.269. The third-order valence-electron chi connectivity index (χ3n) is 2.16. The Hall–Kier alpha value is -1.06. The van der Waals surface area contributed by atoms with Gasteiger partial charge in [-0.05, 0) is 35.0 Å². The molecular formula is C11H13NOS. The quantitative estimate of drug-likeness (QED) is 0.833. The van der Waals surface area contributed by atoms with Gasteiger partial charge in [0.1, 0.15) is 0 Å². The van der Waals surface area contributed by atoms with Crippen LogP contribution in [0.25, 0.3) is 0 Å². The van der Waals surface area contributed by atoms with E-state index < -0.39 is 0 Å². The van der Waals surface area contributed by atoms with E-state index >= 15 is 0 Å². The molecule has 1 atom stereocenters. The molecule has 2 aromatic rings. The number of thiophene rings is 1. The molecule has 2 nitrogen and oxygen atoms in total. The van der Waals surface area contributed by atoms with Crippen molar-refractivity contribution < 1.29 is 4.42 Å². The van der Waals surface area contributed by atoms with Gasteiger partial charge in [-0.15, -0.1) is 0 Å². The van der Waals surface area contributed by atoms with Gasteiger partial charge < -0.3 is 9.73 Å². The molecule has 0 saturated carbocycles. The van der Waals surface area contributed by atoms with Crippen LogP contribution in [0.4, 0.5) is 0 Å². The first-order valence-corrected chi connectivity index (χ1v) is 5.63. The Balaban J connectivity index is 2.25. The topological polar surface area (TPSA) is 25.2 Å². The standard InChI is InChI=1S/C11H13NOS/c1-2-12-11(9-3-5-13-7-9)10-4-6-14-8-10/h3-8,11-12H,2H2,1H3. The Morgan fingerprint density at radius 1 is 1.43 bits per heavy atom. The zero-order chi connectivity index (χ0) is 9.80. The van der Waals surface area contributed by atoms with Gasteiger partial charge in [0.05, 0.1) is 18.6 Å². The second-order valence-electron chi connectivity index (χ2n) is 3.10. The maximum absolute atomic E-state index is 5.10. The largest absolute Gasteiger partial charge is 0.472 e. The van der Waals surface area contributed by atoms with Gasteiger partial charge in [0.25, 0.3) is 0 Å². The summed E-state index contributed by atoms with van der Waals surface area (Å²) < 4.78 is 5.10. The highest BCUT2D eigenvalue weighted by atomic mass is 32.1. The van der Waals surface area contributed by atoms with Gasteiger partial charge in [-0.3, -0.25) is 0 Å². The Bertz CT molecular complexity index is 318. The first-order chi connectivity index (χ1) is 6.92. The van der Waals surface area contributed by atoms with Gasteiger partial charge in [0.15, 0.2) is 0 Å². The molecule has 1 unspecified atom stereocenters. The summed E-state index contributed by atoms with van der Waals surface area (Å²) in [5, 5.41) is 7.70. The summed E-state index contributed by atoms with van der Waals surface area (Å²) in [4.78, 5) is 0. The van der Waals surface area contributed by atoms with Crippen LogP contribution in [0.2, 0.25) is 0 Å². The summed E-state index contributed by atoms with van der Waals surface area (Å²) in [6.07, 6.45) is 3.51. The lowest BCUT2D eigenvalue weighted by molar-refractivity contribution is 0.553. The first-order valence-electron chi connectivity index (χ1n) is 4.69. The summed E-state index contributed by atoms with van der Waals surface area (Å²) in [6, 6.07) is 4.42. The van der Waals surface area contributed by atoms with E-state index in [-0.39, 0.29) is 6.04 Å². The molecule has 0 aliphatic heterocycles. The summed E-state index contributed by atoms with van der Waals surface area (Å²) in [7, 11) is 0.